The number of phenols is 2. The van der Waals surface area contributed by atoms with Crippen molar-refractivity contribution in [2.24, 2.45) is 0 Å². The van der Waals surface area contributed by atoms with Crippen LogP contribution in [0, 0.1) is 10.7 Å². The Balaban J connectivity index is 2.66. The molecular formula is C15H13I3O2. The highest BCUT2D eigenvalue weighted by molar-refractivity contribution is 14.1. The Labute approximate surface area is 159 Å². The molecule has 0 aliphatic heterocycles. The molecule has 0 aliphatic carbocycles. The van der Waals surface area contributed by atoms with Crippen LogP contribution in [0.1, 0.15) is 25.0 Å². The molecule has 0 spiro atoms. The van der Waals surface area contributed by atoms with Crippen LogP contribution in [0.2, 0.25) is 0 Å². The summed E-state index contributed by atoms with van der Waals surface area (Å²) < 4.78 is 3.00. The second kappa shape index (κ2) is 6.15. The van der Waals surface area contributed by atoms with Gasteiger partial charge in [-0.2, -0.15) is 0 Å². The highest BCUT2D eigenvalue weighted by Gasteiger charge is 2.29. The standard InChI is InChI=1S/C15H13I3O2/c1-15(2,8-3-5-9(19)6-4-8)12-10(16)7-11(20)13(17)14(12)18/h3-7,19-20H,1-2H3. The van der Waals surface area contributed by atoms with E-state index in [0.717, 1.165) is 16.3 Å². The van der Waals surface area contributed by atoms with Crippen molar-refractivity contribution in [1.82, 2.24) is 0 Å². The predicted octanol–water partition coefficient (Wildman–Crippen LogP) is 5.24. The highest BCUT2D eigenvalue weighted by atomic mass is 127. The first-order chi connectivity index (χ1) is 9.25. The van der Waals surface area contributed by atoms with Crippen molar-refractivity contribution in [3.05, 3.63) is 52.2 Å². The fraction of sp³-hybridized carbons (Fsp3) is 0.200. The first kappa shape index (κ1) is 16.6. The number of halogens is 3. The van der Waals surface area contributed by atoms with Crippen molar-refractivity contribution in [3.63, 3.8) is 0 Å². The largest absolute Gasteiger partial charge is 0.508 e. The van der Waals surface area contributed by atoms with E-state index in [1.807, 2.05) is 18.2 Å². The molecule has 0 saturated carbocycles. The minimum Gasteiger partial charge on any atom is -0.508 e. The average Bonchev–Trinajstić information content (AvgIpc) is 2.36. The van der Waals surface area contributed by atoms with E-state index in [4.69, 9.17) is 0 Å². The highest BCUT2D eigenvalue weighted by Crippen LogP contribution is 2.41. The summed E-state index contributed by atoms with van der Waals surface area (Å²) in [6.07, 6.45) is 0. The van der Waals surface area contributed by atoms with Gasteiger partial charge in [0.05, 0.1) is 3.57 Å². The summed E-state index contributed by atoms with van der Waals surface area (Å²) in [5.74, 6) is 0.596. The minimum absolute atomic E-state index is 0.200. The molecule has 0 atom stereocenters. The number of phenolic OH excluding ortho intramolecular Hbond substituents is 2. The van der Waals surface area contributed by atoms with Gasteiger partial charge in [-0.25, -0.2) is 0 Å². The molecule has 0 heterocycles. The van der Waals surface area contributed by atoms with Gasteiger partial charge in [-0.1, -0.05) is 26.0 Å². The molecule has 0 amide bonds. The summed E-state index contributed by atoms with van der Waals surface area (Å²) >= 11 is 6.74. The van der Waals surface area contributed by atoms with Crippen molar-refractivity contribution in [1.29, 1.82) is 0 Å². The van der Waals surface area contributed by atoms with Crippen molar-refractivity contribution >= 4 is 67.8 Å². The van der Waals surface area contributed by atoms with Crippen LogP contribution in [0.4, 0.5) is 0 Å². The van der Waals surface area contributed by atoms with Gasteiger partial charge in [0.2, 0.25) is 0 Å². The van der Waals surface area contributed by atoms with Gasteiger partial charge in [-0.3, -0.25) is 0 Å². The molecule has 0 radical (unpaired) electrons. The van der Waals surface area contributed by atoms with Crippen LogP contribution >= 0.6 is 67.8 Å². The van der Waals surface area contributed by atoms with Gasteiger partial charge in [0, 0.05) is 12.6 Å². The number of benzene rings is 2. The number of hydrogen-bond acceptors (Lipinski definition) is 2. The smallest absolute Gasteiger partial charge is 0.131 e. The van der Waals surface area contributed by atoms with E-state index in [-0.39, 0.29) is 11.2 Å². The molecule has 5 heteroatoms. The normalized spacial score (nSPS) is 11.7. The summed E-state index contributed by atoms with van der Waals surface area (Å²) in [6, 6.07) is 9.12. The molecule has 2 aromatic rings. The van der Waals surface area contributed by atoms with Crippen molar-refractivity contribution in [2.75, 3.05) is 0 Å². The third-order valence-electron chi connectivity index (χ3n) is 3.35. The summed E-state index contributed by atoms with van der Waals surface area (Å²) in [6.45, 7) is 4.32. The van der Waals surface area contributed by atoms with E-state index in [2.05, 4.69) is 81.6 Å². The molecule has 2 rings (SSSR count). The summed E-state index contributed by atoms with van der Waals surface area (Å²) in [5.41, 5.74) is 2.13. The van der Waals surface area contributed by atoms with Gasteiger partial charge in [-0.05, 0) is 97.1 Å². The third-order valence-corrected chi connectivity index (χ3v) is 7.41. The van der Waals surface area contributed by atoms with Crippen LogP contribution < -0.4 is 0 Å². The Morgan fingerprint density at radius 1 is 0.900 bits per heavy atom. The van der Waals surface area contributed by atoms with Crippen LogP contribution in [-0.2, 0) is 5.41 Å². The Kier molecular flexibility index (Phi) is 5.11. The predicted molar refractivity (Wildman–Crippen MR) is 106 cm³/mol. The maximum atomic E-state index is 9.93. The number of rotatable bonds is 2. The van der Waals surface area contributed by atoms with E-state index in [0.29, 0.717) is 5.75 Å². The van der Waals surface area contributed by atoms with E-state index >= 15 is 0 Å². The lowest BCUT2D eigenvalue weighted by molar-refractivity contribution is 0.469. The minimum atomic E-state index is -0.200. The maximum absolute atomic E-state index is 9.93. The fourth-order valence-corrected chi connectivity index (χ4v) is 5.60. The molecule has 106 valence electrons. The quantitative estimate of drug-likeness (QED) is 0.363. The van der Waals surface area contributed by atoms with Crippen LogP contribution in [0.5, 0.6) is 11.5 Å². The summed E-state index contributed by atoms with van der Waals surface area (Å²) in [7, 11) is 0. The summed E-state index contributed by atoms with van der Waals surface area (Å²) in [4.78, 5) is 0. The summed E-state index contributed by atoms with van der Waals surface area (Å²) in [5, 5.41) is 19.4. The molecule has 0 bridgehead atoms. The van der Waals surface area contributed by atoms with Gasteiger partial charge in [0.25, 0.3) is 0 Å². The zero-order valence-corrected chi connectivity index (χ0v) is 17.4. The Hall–Kier alpha value is 0.230. The first-order valence-electron chi connectivity index (χ1n) is 5.91. The number of aromatic hydroxyl groups is 2. The average molecular weight is 606 g/mol. The lowest BCUT2D eigenvalue weighted by Crippen LogP contribution is -2.22. The SMILES string of the molecule is CC(C)(c1ccc(O)cc1)c1c(I)cc(O)c(I)c1I. The molecule has 0 aliphatic rings. The van der Waals surface area contributed by atoms with Crippen LogP contribution in [0.25, 0.3) is 0 Å². The lowest BCUT2D eigenvalue weighted by Gasteiger charge is -2.29. The molecule has 20 heavy (non-hydrogen) atoms. The van der Waals surface area contributed by atoms with Gasteiger partial charge in [-0.15, -0.1) is 0 Å². The lowest BCUT2D eigenvalue weighted by atomic mass is 9.78. The Morgan fingerprint density at radius 2 is 1.45 bits per heavy atom. The van der Waals surface area contributed by atoms with Crippen LogP contribution in [0.15, 0.2) is 30.3 Å². The van der Waals surface area contributed by atoms with E-state index in [9.17, 15) is 10.2 Å². The Bertz CT molecular complexity index is 649. The zero-order chi connectivity index (χ0) is 15.1. The molecule has 2 nitrogen and oxygen atoms in total. The van der Waals surface area contributed by atoms with Crippen molar-refractivity contribution in [2.45, 2.75) is 19.3 Å². The molecule has 0 fully saturated rings. The van der Waals surface area contributed by atoms with Gasteiger partial charge in [0.15, 0.2) is 0 Å². The second-order valence-corrected chi connectivity index (χ2v) is 8.37. The first-order valence-corrected chi connectivity index (χ1v) is 9.15. The van der Waals surface area contributed by atoms with E-state index in [1.165, 1.54) is 5.56 Å². The molecule has 2 aromatic carbocycles. The molecule has 0 saturated heterocycles. The van der Waals surface area contributed by atoms with Crippen molar-refractivity contribution in [3.8, 4) is 11.5 Å². The topological polar surface area (TPSA) is 40.5 Å². The van der Waals surface area contributed by atoms with Crippen LogP contribution in [-0.4, -0.2) is 10.2 Å². The third kappa shape index (κ3) is 3.03. The van der Waals surface area contributed by atoms with Crippen molar-refractivity contribution < 1.29 is 10.2 Å². The molecule has 2 N–H and O–H groups in total. The molecule has 0 aromatic heterocycles. The molecular weight excluding hydrogens is 593 g/mol. The van der Waals surface area contributed by atoms with Gasteiger partial charge in [0.1, 0.15) is 11.5 Å². The van der Waals surface area contributed by atoms with E-state index in [1.54, 1.807) is 12.1 Å². The van der Waals surface area contributed by atoms with E-state index < -0.39 is 0 Å². The second-order valence-electron chi connectivity index (χ2n) is 5.05. The Morgan fingerprint density at radius 3 is 2.00 bits per heavy atom. The number of hydrogen-bond donors (Lipinski definition) is 2. The maximum Gasteiger partial charge on any atom is 0.131 e. The monoisotopic (exact) mass is 606 g/mol. The van der Waals surface area contributed by atoms with Crippen LogP contribution in [0.3, 0.4) is 0 Å². The molecule has 0 unspecified atom stereocenters. The zero-order valence-electron chi connectivity index (χ0n) is 10.9. The van der Waals surface area contributed by atoms with Gasteiger partial charge < -0.3 is 10.2 Å². The fourth-order valence-electron chi connectivity index (χ4n) is 2.18. The van der Waals surface area contributed by atoms with Gasteiger partial charge >= 0.3 is 0 Å².